The summed E-state index contributed by atoms with van der Waals surface area (Å²) in [6.07, 6.45) is 0. The summed E-state index contributed by atoms with van der Waals surface area (Å²) < 4.78 is 0. The minimum Gasteiger partial charge on any atom is -0.481 e. The highest BCUT2D eigenvalue weighted by Gasteiger charge is 2.15. The fourth-order valence-corrected chi connectivity index (χ4v) is 1.83. The van der Waals surface area contributed by atoms with Gasteiger partial charge in [0.2, 0.25) is 0 Å². The molecule has 0 spiro atoms. The molecule has 0 aliphatic rings. The van der Waals surface area contributed by atoms with E-state index in [4.69, 9.17) is 10.2 Å². The second-order valence-electron chi connectivity index (χ2n) is 4.57. The van der Waals surface area contributed by atoms with Gasteiger partial charge in [-0.05, 0) is 24.2 Å². The first-order chi connectivity index (χ1) is 8.93. The van der Waals surface area contributed by atoms with E-state index in [9.17, 15) is 9.59 Å². The monoisotopic (exact) mass is 265 g/mol. The number of aromatic carboxylic acids is 1. The van der Waals surface area contributed by atoms with Gasteiger partial charge in [0.05, 0.1) is 11.5 Å². The van der Waals surface area contributed by atoms with Crippen LogP contribution in [0.3, 0.4) is 0 Å². The molecule has 1 aromatic carbocycles. The maximum Gasteiger partial charge on any atom is 0.335 e. The van der Waals surface area contributed by atoms with Gasteiger partial charge in [-0.25, -0.2) is 4.79 Å². The van der Waals surface area contributed by atoms with Gasteiger partial charge in [-0.3, -0.25) is 9.69 Å². The van der Waals surface area contributed by atoms with Crippen molar-refractivity contribution in [3.8, 4) is 0 Å². The first-order valence-electron chi connectivity index (χ1n) is 6.21. The first-order valence-corrected chi connectivity index (χ1v) is 6.21. The molecule has 1 aromatic rings. The van der Waals surface area contributed by atoms with E-state index in [0.29, 0.717) is 13.1 Å². The van der Waals surface area contributed by atoms with E-state index in [0.717, 1.165) is 12.1 Å². The molecule has 1 atom stereocenters. The van der Waals surface area contributed by atoms with Gasteiger partial charge in [-0.2, -0.15) is 0 Å². The van der Waals surface area contributed by atoms with Gasteiger partial charge < -0.3 is 10.2 Å². The molecule has 0 saturated carbocycles. The molecule has 0 heterocycles. The molecule has 0 amide bonds. The molecule has 0 saturated heterocycles. The van der Waals surface area contributed by atoms with Gasteiger partial charge in [0.25, 0.3) is 0 Å². The number of rotatable bonds is 7. The van der Waals surface area contributed by atoms with Crippen molar-refractivity contribution in [1.82, 2.24) is 4.90 Å². The zero-order valence-electron chi connectivity index (χ0n) is 11.2. The van der Waals surface area contributed by atoms with E-state index < -0.39 is 17.9 Å². The van der Waals surface area contributed by atoms with E-state index >= 15 is 0 Å². The predicted molar refractivity (Wildman–Crippen MR) is 71.2 cm³/mol. The lowest BCUT2D eigenvalue weighted by atomic mass is 10.1. The lowest BCUT2D eigenvalue weighted by Gasteiger charge is -2.22. The van der Waals surface area contributed by atoms with Crippen molar-refractivity contribution in [2.24, 2.45) is 5.92 Å². The highest BCUT2D eigenvalue weighted by Crippen LogP contribution is 2.10. The molecule has 0 radical (unpaired) electrons. The molecule has 2 N–H and O–H groups in total. The normalized spacial score (nSPS) is 12.4. The topological polar surface area (TPSA) is 77.8 Å². The number of aliphatic carboxylic acids is 1. The molecule has 104 valence electrons. The number of nitrogens with zero attached hydrogens (tertiary/aromatic N) is 1. The summed E-state index contributed by atoms with van der Waals surface area (Å²) in [4.78, 5) is 23.7. The van der Waals surface area contributed by atoms with Gasteiger partial charge in [0.1, 0.15) is 0 Å². The molecule has 0 bridgehead atoms. The third-order valence-corrected chi connectivity index (χ3v) is 2.98. The minimum absolute atomic E-state index is 0.250. The van der Waals surface area contributed by atoms with Crippen molar-refractivity contribution in [3.05, 3.63) is 35.4 Å². The maximum atomic E-state index is 10.9. The van der Waals surface area contributed by atoms with Crippen molar-refractivity contribution >= 4 is 11.9 Å². The quantitative estimate of drug-likeness (QED) is 0.787. The third kappa shape index (κ3) is 4.71. The van der Waals surface area contributed by atoms with Crippen LogP contribution in [0.25, 0.3) is 0 Å². The maximum absolute atomic E-state index is 10.9. The van der Waals surface area contributed by atoms with Gasteiger partial charge in [0, 0.05) is 13.1 Å². The second kappa shape index (κ2) is 6.89. The average molecular weight is 265 g/mol. The lowest BCUT2D eigenvalue weighted by molar-refractivity contribution is -0.141. The van der Waals surface area contributed by atoms with Crippen LogP contribution in [-0.2, 0) is 11.3 Å². The Bertz CT molecular complexity index is 459. The third-order valence-electron chi connectivity index (χ3n) is 2.98. The van der Waals surface area contributed by atoms with Crippen LogP contribution >= 0.6 is 0 Å². The Morgan fingerprint density at radius 3 is 2.53 bits per heavy atom. The molecule has 0 aliphatic heterocycles. The van der Waals surface area contributed by atoms with Gasteiger partial charge in [0.15, 0.2) is 0 Å². The molecule has 0 aromatic heterocycles. The molecule has 5 heteroatoms. The molecule has 19 heavy (non-hydrogen) atoms. The SMILES string of the molecule is CCN(Cc1cccc(C(=O)O)c1)CC(C)C(=O)O. The summed E-state index contributed by atoms with van der Waals surface area (Å²) in [7, 11) is 0. The number of hydrogen-bond donors (Lipinski definition) is 2. The fourth-order valence-electron chi connectivity index (χ4n) is 1.83. The Labute approximate surface area is 112 Å². The zero-order valence-corrected chi connectivity index (χ0v) is 11.2. The van der Waals surface area contributed by atoms with Gasteiger partial charge >= 0.3 is 11.9 Å². The molecule has 5 nitrogen and oxygen atoms in total. The molecule has 0 fully saturated rings. The second-order valence-corrected chi connectivity index (χ2v) is 4.57. The van der Waals surface area contributed by atoms with Crippen LogP contribution in [0, 0.1) is 5.92 Å². The van der Waals surface area contributed by atoms with E-state index in [2.05, 4.69) is 0 Å². The van der Waals surface area contributed by atoms with E-state index in [1.165, 1.54) is 0 Å². The van der Waals surface area contributed by atoms with Crippen molar-refractivity contribution in [2.45, 2.75) is 20.4 Å². The number of benzene rings is 1. The molecule has 1 unspecified atom stereocenters. The highest BCUT2D eigenvalue weighted by atomic mass is 16.4. The number of carboxylic acid groups (broad SMARTS) is 2. The smallest absolute Gasteiger partial charge is 0.335 e. The standard InChI is InChI=1S/C14H19NO4/c1-3-15(8-10(2)13(16)17)9-11-5-4-6-12(7-11)14(18)19/h4-7,10H,3,8-9H2,1-2H3,(H,16,17)(H,18,19). The lowest BCUT2D eigenvalue weighted by Crippen LogP contribution is -2.31. The van der Waals surface area contributed by atoms with Crippen molar-refractivity contribution in [2.75, 3.05) is 13.1 Å². The number of carbonyl (C=O) groups is 2. The summed E-state index contributed by atoms with van der Waals surface area (Å²) in [5.41, 5.74) is 1.12. The Balaban J connectivity index is 2.72. The van der Waals surface area contributed by atoms with Crippen molar-refractivity contribution in [3.63, 3.8) is 0 Å². The molecule has 1 rings (SSSR count). The molecule has 0 aliphatic carbocycles. The fraction of sp³-hybridized carbons (Fsp3) is 0.429. The number of carboxylic acids is 2. The van der Waals surface area contributed by atoms with E-state index in [-0.39, 0.29) is 5.56 Å². The van der Waals surface area contributed by atoms with Crippen LogP contribution in [0.1, 0.15) is 29.8 Å². The van der Waals surface area contributed by atoms with Gasteiger partial charge in [-0.1, -0.05) is 26.0 Å². The van der Waals surface area contributed by atoms with Crippen LogP contribution in [0.15, 0.2) is 24.3 Å². The molecular formula is C14H19NO4. The summed E-state index contributed by atoms with van der Waals surface area (Å²) >= 11 is 0. The minimum atomic E-state index is -0.955. The highest BCUT2D eigenvalue weighted by molar-refractivity contribution is 5.87. The van der Waals surface area contributed by atoms with E-state index in [1.807, 2.05) is 17.9 Å². The Morgan fingerprint density at radius 2 is 2.00 bits per heavy atom. The van der Waals surface area contributed by atoms with Crippen LogP contribution in [0.5, 0.6) is 0 Å². The van der Waals surface area contributed by atoms with Crippen LogP contribution < -0.4 is 0 Å². The summed E-state index contributed by atoms with van der Waals surface area (Å²) in [6, 6.07) is 6.71. The first kappa shape index (κ1) is 15.2. The zero-order chi connectivity index (χ0) is 14.4. The average Bonchev–Trinajstić information content (AvgIpc) is 2.37. The summed E-state index contributed by atoms with van der Waals surface area (Å²) in [5.74, 6) is -2.22. The molecular weight excluding hydrogens is 246 g/mol. The summed E-state index contributed by atoms with van der Waals surface area (Å²) in [5, 5.41) is 17.8. The Hall–Kier alpha value is -1.88. The number of hydrogen-bond acceptors (Lipinski definition) is 3. The van der Waals surface area contributed by atoms with Crippen LogP contribution in [0.4, 0.5) is 0 Å². The largest absolute Gasteiger partial charge is 0.481 e. The predicted octanol–water partition coefficient (Wildman–Crippen LogP) is 1.93. The van der Waals surface area contributed by atoms with Crippen molar-refractivity contribution in [1.29, 1.82) is 0 Å². The van der Waals surface area contributed by atoms with Crippen LogP contribution in [0.2, 0.25) is 0 Å². The summed E-state index contributed by atoms with van der Waals surface area (Å²) in [6.45, 7) is 5.33. The Morgan fingerprint density at radius 1 is 1.32 bits per heavy atom. The van der Waals surface area contributed by atoms with Crippen LogP contribution in [-0.4, -0.2) is 40.1 Å². The van der Waals surface area contributed by atoms with E-state index in [1.54, 1.807) is 25.1 Å². The van der Waals surface area contributed by atoms with Gasteiger partial charge in [-0.15, -0.1) is 0 Å². The Kier molecular flexibility index (Phi) is 5.51. The van der Waals surface area contributed by atoms with Crippen molar-refractivity contribution < 1.29 is 19.8 Å².